The molecule has 0 unspecified atom stereocenters. The molecule has 15 heteroatoms. The number of alkyl halides is 3. The van der Waals surface area contributed by atoms with Gasteiger partial charge in [-0.1, -0.05) is 12.1 Å². The Balaban J connectivity index is 1.43. The van der Waals surface area contributed by atoms with Gasteiger partial charge in [0.2, 0.25) is 0 Å². The fraction of sp³-hybridized carbons (Fsp3) is 0.469. The normalized spacial score (nSPS) is 19.3. The number of hydrogen-bond donors (Lipinski definition) is 1. The minimum absolute atomic E-state index is 0.0838. The summed E-state index contributed by atoms with van der Waals surface area (Å²) in [5.41, 5.74) is 2.38. The van der Waals surface area contributed by atoms with Gasteiger partial charge >= 0.3 is 18.2 Å². The van der Waals surface area contributed by atoms with Crippen LogP contribution in [-0.2, 0) is 27.1 Å². The number of amides is 3. The molecule has 0 spiro atoms. The second-order valence-corrected chi connectivity index (χ2v) is 11.7. The zero-order valence-electron chi connectivity index (χ0n) is 26.3. The number of anilines is 1. The lowest BCUT2D eigenvalue weighted by atomic mass is 9.89. The lowest BCUT2D eigenvalue weighted by Gasteiger charge is -2.38. The van der Waals surface area contributed by atoms with Gasteiger partial charge in [0.15, 0.2) is 0 Å². The van der Waals surface area contributed by atoms with Crippen molar-refractivity contribution in [3.8, 4) is 5.75 Å². The molecule has 5 rings (SSSR count). The van der Waals surface area contributed by atoms with Gasteiger partial charge in [-0.15, -0.1) is 0 Å². The Hall–Kier alpha value is -4.40. The average Bonchev–Trinajstić information content (AvgIpc) is 3.04. The van der Waals surface area contributed by atoms with Crippen LogP contribution in [-0.4, -0.2) is 100 Å². The van der Waals surface area contributed by atoms with E-state index in [1.54, 1.807) is 30.0 Å². The summed E-state index contributed by atoms with van der Waals surface area (Å²) < 4.78 is 87.1. The van der Waals surface area contributed by atoms with Crippen LogP contribution in [0.5, 0.6) is 5.75 Å². The maximum atomic E-state index is 15.3. The topological polar surface area (TPSA) is 101 Å². The van der Waals surface area contributed by atoms with Crippen molar-refractivity contribution in [3.63, 3.8) is 0 Å². The third kappa shape index (κ3) is 6.71. The summed E-state index contributed by atoms with van der Waals surface area (Å²) in [5.74, 6) is -4.36. The van der Waals surface area contributed by atoms with Crippen molar-refractivity contribution in [2.75, 3.05) is 59.0 Å². The summed E-state index contributed by atoms with van der Waals surface area (Å²) in [4.78, 5) is 42.4. The largest absolute Gasteiger partial charge is 0.493 e. The van der Waals surface area contributed by atoms with Crippen LogP contribution >= 0.6 is 0 Å². The molecule has 3 aliphatic rings. The third-order valence-electron chi connectivity index (χ3n) is 8.76. The van der Waals surface area contributed by atoms with Gasteiger partial charge in [-0.25, -0.2) is 18.4 Å². The number of hydrogen-bond acceptors (Lipinski definition) is 7. The van der Waals surface area contributed by atoms with Crippen LogP contribution in [0.15, 0.2) is 30.0 Å². The van der Waals surface area contributed by atoms with Crippen LogP contribution in [0.2, 0.25) is 0 Å². The molecule has 1 fully saturated rings. The predicted octanol–water partition coefficient (Wildman–Crippen LogP) is 4.30. The highest BCUT2D eigenvalue weighted by Crippen LogP contribution is 2.39. The molecule has 10 nitrogen and oxygen atoms in total. The SMILES string of the molecule is COC(=O)[C@H](Cc1ccc(C2=C(C)N(C)C(=O)N(C)C2)c2c1CCCO2)NC(=O)c1c(F)cc(N2CCOC[C@@H]2C(F)(F)F)cc1F. The second-order valence-electron chi connectivity index (χ2n) is 11.7. The molecule has 3 heterocycles. The number of methoxy groups -OCH3 is 1. The van der Waals surface area contributed by atoms with E-state index < -0.39 is 59.6 Å². The minimum Gasteiger partial charge on any atom is -0.493 e. The number of halogens is 5. The highest BCUT2D eigenvalue weighted by Gasteiger charge is 2.46. The van der Waals surface area contributed by atoms with Gasteiger partial charge in [0, 0.05) is 56.1 Å². The number of morpholine rings is 1. The number of carbonyl (C=O) groups excluding carboxylic acids is 3. The summed E-state index contributed by atoms with van der Waals surface area (Å²) >= 11 is 0. The molecule has 0 saturated carbocycles. The van der Waals surface area contributed by atoms with E-state index in [2.05, 4.69) is 5.32 Å². The number of nitrogens with one attached hydrogen (secondary N) is 1. The summed E-state index contributed by atoms with van der Waals surface area (Å²) in [6.07, 6.45) is -3.57. The molecule has 0 aliphatic carbocycles. The van der Waals surface area contributed by atoms with E-state index in [1.165, 1.54) is 0 Å². The maximum absolute atomic E-state index is 15.3. The number of fused-ring (bicyclic) bond motifs is 1. The Bertz CT molecular complexity index is 1590. The second kappa shape index (κ2) is 13.4. The van der Waals surface area contributed by atoms with Gasteiger partial charge in [0.25, 0.3) is 5.91 Å². The number of likely N-dealkylation sites (N-methyl/N-ethyl adjacent to an activating group) is 1. The molecular formula is C32H35F5N4O6. The number of allylic oxidation sites excluding steroid dienone is 1. The Morgan fingerprint density at radius 3 is 2.49 bits per heavy atom. The smallest absolute Gasteiger partial charge is 0.411 e. The van der Waals surface area contributed by atoms with Crippen LogP contribution < -0.4 is 15.0 Å². The van der Waals surface area contributed by atoms with Gasteiger partial charge in [-0.2, -0.15) is 13.2 Å². The van der Waals surface area contributed by atoms with Crippen molar-refractivity contribution >= 4 is 29.2 Å². The number of urea groups is 1. The van der Waals surface area contributed by atoms with E-state index in [4.69, 9.17) is 14.2 Å². The number of rotatable bonds is 7. The summed E-state index contributed by atoms with van der Waals surface area (Å²) in [6.45, 7) is 1.57. The number of carbonyl (C=O) groups is 3. The Labute approximate surface area is 268 Å². The molecule has 1 N–H and O–H groups in total. The van der Waals surface area contributed by atoms with E-state index in [0.29, 0.717) is 49.4 Å². The van der Waals surface area contributed by atoms with Crippen molar-refractivity contribution in [1.29, 1.82) is 0 Å². The summed E-state index contributed by atoms with van der Waals surface area (Å²) in [6, 6.07) is 1.26. The van der Waals surface area contributed by atoms with Gasteiger partial charge in [0.05, 0.1) is 26.9 Å². The van der Waals surface area contributed by atoms with E-state index >= 15 is 8.78 Å². The fourth-order valence-electron chi connectivity index (χ4n) is 6.17. The summed E-state index contributed by atoms with van der Waals surface area (Å²) in [7, 11) is 4.47. The van der Waals surface area contributed by atoms with Crippen LogP contribution in [0.4, 0.5) is 32.4 Å². The van der Waals surface area contributed by atoms with Crippen LogP contribution in [0.3, 0.4) is 0 Å². The van der Waals surface area contributed by atoms with Crippen molar-refractivity contribution in [2.24, 2.45) is 0 Å². The first-order chi connectivity index (χ1) is 22.2. The van der Waals surface area contributed by atoms with E-state index in [1.807, 2.05) is 13.0 Å². The zero-order chi connectivity index (χ0) is 34.2. The molecule has 254 valence electrons. The van der Waals surface area contributed by atoms with Crippen molar-refractivity contribution in [3.05, 3.63) is 63.9 Å². The molecule has 0 aromatic heterocycles. The molecule has 0 bridgehead atoms. The van der Waals surface area contributed by atoms with E-state index in [0.717, 1.165) is 34.4 Å². The first kappa shape index (κ1) is 33.9. The predicted molar refractivity (Wildman–Crippen MR) is 160 cm³/mol. The molecule has 47 heavy (non-hydrogen) atoms. The standard InChI is InChI=1S/C32H35F5N4O6/c1-17-22(15-39(2)31(44)40(17)3)21-8-7-18(20-6-5-10-47-28(20)21)12-25(30(43)45-4)38-29(42)27-23(33)13-19(14-24(27)34)41-9-11-46-16-26(41)32(35,36)37/h7-8,13-14,25-26H,5-6,9-12,15-16H2,1-4H3,(H,38,42)/t25-,26+/m0/s1. The first-order valence-electron chi connectivity index (χ1n) is 15.0. The van der Waals surface area contributed by atoms with E-state index in [-0.39, 0.29) is 25.6 Å². The lowest BCUT2D eigenvalue weighted by molar-refractivity contribution is -0.167. The zero-order valence-corrected chi connectivity index (χ0v) is 26.3. The Morgan fingerprint density at radius 2 is 1.83 bits per heavy atom. The van der Waals surface area contributed by atoms with Crippen molar-refractivity contribution in [1.82, 2.24) is 15.1 Å². The van der Waals surface area contributed by atoms with Gasteiger partial charge < -0.3 is 34.2 Å². The highest BCUT2D eigenvalue weighted by molar-refractivity contribution is 5.97. The van der Waals surface area contributed by atoms with Crippen LogP contribution in [0, 0.1) is 11.6 Å². The lowest BCUT2D eigenvalue weighted by Crippen LogP contribution is -2.53. The van der Waals surface area contributed by atoms with Crippen LogP contribution in [0.25, 0.3) is 5.57 Å². The van der Waals surface area contributed by atoms with Crippen molar-refractivity contribution < 1.29 is 50.5 Å². The fourth-order valence-corrected chi connectivity index (χ4v) is 6.17. The average molecular weight is 667 g/mol. The van der Waals surface area contributed by atoms with Gasteiger partial charge in [0.1, 0.15) is 35.0 Å². The molecule has 1 saturated heterocycles. The first-order valence-corrected chi connectivity index (χ1v) is 15.0. The highest BCUT2D eigenvalue weighted by atomic mass is 19.4. The third-order valence-corrected chi connectivity index (χ3v) is 8.76. The monoisotopic (exact) mass is 666 g/mol. The molecular weight excluding hydrogens is 631 g/mol. The molecule has 2 atom stereocenters. The quantitative estimate of drug-likeness (QED) is 0.348. The number of benzene rings is 2. The summed E-state index contributed by atoms with van der Waals surface area (Å²) in [5, 5.41) is 2.35. The number of ether oxygens (including phenoxy) is 3. The number of esters is 1. The molecule has 2 aromatic rings. The molecule has 0 radical (unpaired) electrons. The Kier molecular flexibility index (Phi) is 9.66. The van der Waals surface area contributed by atoms with Gasteiger partial charge in [-0.05, 0) is 43.0 Å². The van der Waals surface area contributed by atoms with E-state index in [9.17, 15) is 27.6 Å². The molecule has 2 aromatic carbocycles. The Morgan fingerprint density at radius 1 is 1.13 bits per heavy atom. The van der Waals surface area contributed by atoms with Crippen LogP contribution in [0.1, 0.15) is 40.4 Å². The maximum Gasteiger partial charge on any atom is 0.411 e. The van der Waals surface area contributed by atoms with Gasteiger partial charge in [-0.3, -0.25) is 4.79 Å². The molecule has 3 amide bonds. The van der Waals surface area contributed by atoms with Crippen molar-refractivity contribution in [2.45, 2.75) is 44.4 Å². The minimum atomic E-state index is -4.72. The number of nitrogens with zero attached hydrogens (tertiary/aromatic N) is 3. The molecule has 3 aliphatic heterocycles.